The van der Waals surface area contributed by atoms with Gasteiger partial charge in [-0.15, -0.1) is 0 Å². The second-order valence-corrected chi connectivity index (χ2v) is 5.03. The number of para-hydroxylation sites is 1. The van der Waals surface area contributed by atoms with Crippen molar-refractivity contribution in [3.05, 3.63) is 64.9 Å². The third kappa shape index (κ3) is 2.53. The molecule has 0 atom stereocenters. The minimum absolute atomic E-state index is 0.282. The van der Waals surface area contributed by atoms with Crippen LogP contribution in [0.4, 0.5) is 5.82 Å². The molecule has 1 aromatic carbocycles. The lowest BCUT2D eigenvalue weighted by molar-refractivity contribution is 0.102. The van der Waals surface area contributed by atoms with Gasteiger partial charge in [-0.2, -0.15) is 0 Å². The number of fused-ring (bicyclic) bond motifs is 1. The number of hydrogen-bond donors (Lipinski definition) is 1. The van der Waals surface area contributed by atoms with Gasteiger partial charge in [0, 0.05) is 11.6 Å². The topological polar surface area (TPSA) is 54.9 Å². The predicted molar refractivity (Wildman–Crippen MR) is 81.6 cm³/mol. The second-order valence-electron chi connectivity index (χ2n) is 4.18. The highest BCUT2D eigenvalue weighted by Crippen LogP contribution is 2.19. The molecule has 0 unspecified atom stereocenters. The van der Waals surface area contributed by atoms with Crippen molar-refractivity contribution in [2.75, 3.05) is 5.32 Å². The number of benzene rings is 1. The Kier molecular flexibility index (Phi) is 3.43. The van der Waals surface area contributed by atoms with Crippen LogP contribution in [0.1, 0.15) is 10.5 Å². The van der Waals surface area contributed by atoms with Crippen molar-refractivity contribution in [2.24, 2.45) is 0 Å². The number of carbonyl (C=O) groups is 1. The van der Waals surface area contributed by atoms with Crippen molar-refractivity contribution >= 4 is 38.6 Å². The minimum atomic E-state index is -0.282. The fraction of sp³-hybridized carbons (Fsp3) is 0. The number of hydrogen-bond acceptors (Lipinski definition) is 3. The highest BCUT2D eigenvalue weighted by molar-refractivity contribution is 9.10. The minimum Gasteiger partial charge on any atom is -0.304 e. The molecule has 5 heteroatoms. The van der Waals surface area contributed by atoms with E-state index < -0.39 is 0 Å². The molecule has 1 N–H and O–H groups in total. The summed E-state index contributed by atoms with van der Waals surface area (Å²) in [6.07, 6.45) is 1.62. The monoisotopic (exact) mass is 327 g/mol. The van der Waals surface area contributed by atoms with E-state index in [1.807, 2.05) is 36.4 Å². The Bertz CT molecular complexity index is 789. The molecule has 0 radical (unpaired) electrons. The quantitative estimate of drug-likeness (QED) is 0.781. The molecule has 3 aromatic rings. The van der Waals surface area contributed by atoms with Crippen LogP contribution in [-0.4, -0.2) is 15.9 Å². The van der Waals surface area contributed by atoms with Crippen LogP contribution in [0, 0.1) is 0 Å². The Morgan fingerprint density at radius 1 is 1.05 bits per heavy atom. The van der Waals surface area contributed by atoms with Crippen molar-refractivity contribution in [1.82, 2.24) is 9.97 Å². The van der Waals surface area contributed by atoms with Crippen LogP contribution in [0.15, 0.2) is 59.2 Å². The van der Waals surface area contributed by atoms with Crippen LogP contribution in [0.25, 0.3) is 10.9 Å². The molecular weight excluding hydrogens is 318 g/mol. The highest BCUT2D eigenvalue weighted by Gasteiger charge is 2.10. The van der Waals surface area contributed by atoms with Gasteiger partial charge in [-0.05, 0) is 40.2 Å². The third-order valence-electron chi connectivity index (χ3n) is 2.82. The van der Waals surface area contributed by atoms with Crippen molar-refractivity contribution in [3.8, 4) is 0 Å². The summed E-state index contributed by atoms with van der Waals surface area (Å²) in [5.41, 5.74) is 1.15. The van der Waals surface area contributed by atoms with Crippen LogP contribution < -0.4 is 5.32 Å². The van der Waals surface area contributed by atoms with Gasteiger partial charge in [0.25, 0.3) is 5.91 Å². The number of aromatic nitrogens is 2. The van der Waals surface area contributed by atoms with Gasteiger partial charge in [0.05, 0.1) is 9.99 Å². The van der Waals surface area contributed by atoms with Crippen molar-refractivity contribution in [2.45, 2.75) is 0 Å². The molecule has 20 heavy (non-hydrogen) atoms. The SMILES string of the molecule is O=C(Nc1ncccc1Br)c1ccc2ccccc2n1. The standard InChI is InChI=1S/C15H10BrN3O/c16-11-5-3-9-17-14(11)19-15(20)13-8-7-10-4-1-2-6-12(10)18-13/h1-9H,(H,17,19,20). The summed E-state index contributed by atoms with van der Waals surface area (Å²) in [7, 11) is 0. The molecule has 1 amide bonds. The summed E-state index contributed by atoms with van der Waals surface area (Å²) < 4.78 is 0.731. The molecule has 0 spiro atoms. The zero-order valence-corrected chi connectivity index (χ0v) is 12.0. The van der Waals surface area contributed by atoms with E-state index in [1.165, 1.54) is 0 Å². The average molecular weight is 328 g/mol. The highest BCUT2D eigenvalue weighted by atomic mass is 79.9. The zero-order valence-electron chi connectivity index (χ0n) is 10.4. The molecule has 0 aliphatic carbocycles. The van der Waals surface area contributed by atoms with E-state index in [0.29, 0.717) is 11.5 Å². The first-order valence-corrected chi connectivity index (χ1v) is 6.81. The smallest absolute Gasteiger partial charge is 0.275 e. The van der Waals surface area contributed by atoms with E-state index in [2.05, 4.69) is 31.2 Å². The molecule has 0 fully saturated rings. The molecule has 2 heterocycles. The maximum Gasteiger partial charge on any atom is 0.275 e. The van der Waals surface area contributed by atoms with Gasteiger partial charge in [-0.3, -0.25) is 4.79 Å². The molecule has 0 bridgehead atoms. The molecule has 3 rings (SSSR count). The Balaban J connectivity index is 1.91. The van der Waals surface area contributed by atoms with Crippen LogP contribution in [0.3, 0.4) is 0 Å². The number of nitrogens with one attached hydrogen (secondary N) is 1. The molecule has 0 saturated heterocycles. The average Bonchev–Trinajstić information content (AvgIpc) is 2.49. The normalized spacial score (nSPS) is 10.4. The van der Waals surface area contributed by atoms with Gasteiger partial charge in [-0.1, -0.05) is 24.3 Å². The molecule has 4 nitrogen and oxygen atoms in total. The summed E-state index contributed by atoms with van der Waals surface area (Å²) in [4.78, 5) is 20.6. The fourth-order valence-corrected chi connectivity index (χ4v) is 2.20. The number of carbonyl (C=O) groups excluding carboxylic acids is 1. The van der Waals surface area contributed by atoms with E-state index in [0.717, 1.165) is 15.4 Å². The third-order valence-corrected chi connectivity index (χ3v) is 3.46. The largest absolute Gasteiger partial charge is 0.304 e. The molecule has 0 aliphatic heterocycles. The van der Waals surface area contributed by atoms with E-state index >= 15 is 0 Å². The van der Waals surface area contributed by atoms with Crippen LogP contribution in [0.5, 0.6) is 0 Å². The van der Waals surface area contributed by atoms with Crippen LogP contribution >= 0.6 is 15.9 Å². The Labute approximate surface area is 124 Å². The lowest BCUT2D eigenvalue weighted by atomic mass is 10.2. The van der Waals surface area contributed by atoms with Gasteiger partial charge >= 0.3 is 0 Å². The Hall–Kier alpha value is -2.27. The first-order valence-electron chi connectivity index (χ1n) is 6.02. The maximum atomic E-state index is 12.2. The predicted octanol–water partition coefficient (Wildman–Crippen LogP) is 3.64. The van der Waals surface area contributed by atoms with E-state index in [4.69, 9.17) is 0 Å². The van der Waals surface area contributed by atoms with Crippen molar-refractivity contribution in [3.63, 3.8) is 0 Å². The first kappa shape index (κ1) is 12.7. The van der Waals surface area contributed by atoms with Gasteiger partial charge in [0.1, 0.15) is 11.5 Å². The van der Waals surface area contributed by atoms with Crippen LogP contribution in [-0.2, 0) is 0 Å². The van der Waals surface area contributed by atoms with Gasteiger partial charge in [0.2, 0.25) is 0 Å². The Morgan fingerprint density at radius 3 is 2.75 bits per heavy atom. The first-order chi connectivity index (χ1) is 9.74. The molecular formula is C15H10BrN3O. The van der Waals surface area contributed by atoms with E-state index in [-0.39, 0.29) is 5.91 Å². The zero-order chi connectivity index (χ0) is 13.9. The number of halogens is 1. The number of pyridine rings is 2. The second kappa shape index (κ2) is 5.38. The summed E-state index contributed by atoms with van der Waals surface area (Å²) in [5, 5.41) is 3.73. The maximum absolute atomic E-state index is 12.2. The Morgan fingerprint density at radius 2 is 1.90 bits per heavy atom. The molecule has 2 aromatic heterocycles. The van der Waals surface area contributed by atoms with Gasteiger partial charge in [0.15, 0.2) is 0 Å². The van der Waals surface area contributed by atoms with E-state index in [1.54, 1.807) is 18.3 Å². The number of anilines is 1. The number of amides is 1. The fourth-order valence-electron chi connectivity index (χ4n) is 1.84. The summed E-state index contributed by atoms with van der Waals surface area (Å²) in [5.74, 6) is 0.197. The van der Waals surface area contributed by atoms with E-state index in [9.17, 15) is 4.79 Å². The molecule has 98 valence electrons. The van der Waals surface area contributed by atoms with Crippen molar-refractivity contribution < 1.29 is 4.79 Å². The summed E-state index contributed by atoms with van der Waals surface area (Å²) in [6, 6.07) is 14.9. The van der Waals surface area contributed by atoms with Crippen molar-refractivity contribution in [1.29, 1.82) is 0 Å². The van der Waals surface area contributed by atoms with Gasteiger partial charge < -0.3 is 5.32 Å². The summed E-state index contributed by atoms with van der Waals surface area (Å²) in [6.45, 7) is 0. The number of nitrogens with zero attached hydrogens (tertiary/aromatic N) is 2. The van der Waals surface area contributed by atoms with Crippen LogP contribution in [0.2, 0.25) is 0 Å². The summed E-state index contributed by atoms with van der Waals surface area (Å²) >= 11 is 3.34. The molecule has 0 aliphatic rings. The lowest BCUT2D eigenvalue weighted by Crippen LogP contribution is -2.14. The lowest BCUT2D eigenvalue weighted by Gasteiger charge is -2.06. The number of rotatable bonds is 2. The molecule has 0 saturated carbocycles. The van der Waals surface area contributed by atoms with Gasteiger partial charge in [-0.25, -0.2) is 9.97 Å².